The van der Waals surface area contributed by atoms with Gasteiger partial charge < -0.3 is 19.3 Å². The second kappa shape index (κ2) is 9.69. The van der Waals surface area contributed by atoms with Gasteiger partial charge in [-0.1, -0.05) is 38.1 Å². The van der Waals surface area contributed by atoms with Gasteiger partial charge in [0.1, 0.15) is 18.5 Å². The van der Waals surface area contributed by atoms with Gasteiger partial charge in [-0.25, -0.2) is 0 Å². The van der Waals surface area contributed by atoms with Crippen LogP contribution in [0.4, 0.5) is 0 Å². The largest absolute Gasteiger partial charge is 0.491 e. The van der Waals surface area contributed by atoms with Crippen LogP contribution in [0.1, 0.15) is 30.9 Å². The Bertz CT molecular complexity index is 834. The highest BCUT2D eigenvalue weighted by Crippen LogP contribution is 2.33. The Kier molecular flexibility index (Phi) is 6.77. The summed E-state index contributed by atoms with van der Waals surface area (Å²) in [5, 5.41) is 10.5. The molecule has 2 heterocycles. The summed E-state index contributed by atoms with van der Waals surface area (Å²) in [6, 6.07) is 14.2. The van der Waals surface area contributed by atoms with Crippen molar-refractivity contribution < 1.29 is 19.3 Å². The molecular formula is C24H32N2O4. The molecule has 1 saturated heterocycles. The molecule has 2 aliphatic heterocycles. The number of β-amino-alcohol motifs (C(OH)–C–C–N with tert-alkyl or cyclic N) is 1. The van der Waals surface area contributed by atoms with Crippen LogP contribution in [0.3, 0.4) is 0 Å². The van der Waals surface area contributed by atoms with Gasteiger partial charge in [0.15, 0.2) is 11.5 Å². The van der Waals surface area contributed by atoms with E-state index in [4.69, 9.17) is 14.2 Å². The number of rotatable bonds is 8. The van der Waals surface area contributed by atoms with Crippen molar-refractivity contribution in [3.8, 4) is 17.2 Å². The van der Waals surface area contributed by atoms with Crippen LogP contribution in [-0.4, -0.2) is 67.1 Å². The summed E-state index contributed by atoms with van der Waals surface area (Å²) in [5.41, 5.74) is 2.42. The number of fused-ring (bicyclic) bond motifs is 1. The van der Waals surface area contributed by atoms with Gasteiger partial charge in [0.05, 0.1) is 0 Å². The first kappa shape index (κ1) is 21.0. The summed E-state index contributed by atoms with van der Waals surface area (Å²) >= 11 is 0. The van der Waals surface area contributed by atoms with Crippen LogP contribution in [0.5, 0.6) is 17.2 Å². The monoisotopic (exact) mass is 412 g/mol. The van der Waals surface area contributed by atoms with Crippen molar-refractivity contribution in [2.24, 2.45) is 0 Å². The summed E-state index contributed by atoms with van der Waals surface area (Å²) in [4.78, 5) is 4.76. The maximum Gasteiger partial charge on any atom is 0.231 e. The zero-order chi connectivity index (χ0) is 20.9. The molecule has 4 rings (SSSR count). The number of para-hydroxylation sites is 1. The molecule has 0 unspecified atom stereocenters. The van der Waals surface area contributed by atoms with E-state index >= 15 is 0 Å². The Morgan fingerprint density at radius 3 is 2.50 bits per heavy atom. The van der Waals surface area contributed by atoms with Crippen molar-refractivity contribution >= 4 is 0 Å². The molecule has 6 heteroatoms. The maximum absolute atomic E-state index is 10.5. The highest BCUT2D eigenvalue weighted by molar-refractivity contribution is 5.44. The minimum Gasteiger partial charge on any atom is -0.491 e. The minimum atomic E-state index is -0.495. The summed E-state index contributed by atoms with van der Waals surface area (Å²) in [7, 11) is 0. The van der Waals surface area contributed by atoms with Crippen molar-refractivity contribution in [3.05, 3.63) is 53.6 Å². The van der Waals surface area contributed by atoms with Gasteiger partial charge in [-0.2, -0.15) is 0 Å². The van der Waals surface area contributed by atoms with Crippen LogP contribution in [-0.2, 0) is 6.54 Å². The maximum atomic E-state index is 10.5. The van der Waals surface area contributed by atoms with Crippen molar-refractivity contribution in [1.29, 1.82) is 0 Å². The van der Waals surface area contributed by atoms with E-state index in [9.17, 15) is 5.11 Å². The average molecular weight is 413 g/mol. The quantitative estimate of drug-likeness (QED) is 0.719. The van der Waals surface area contributed by atoms with E-state index in [-0.39, 0.29) is 0 Å². The first-order valence-electron chi connectivity index (χ1n) is 10.8. The Balaban J connectivity index is 1.20. The highest BCUT2D eigenvalue weighted by atomic mass is 16.7. The Labute approximate surface area is 179 Å². The zero-order valence-electron chi connectivity index (χ0n) is 17.9. The van der Waals surface area contributed by atoms with E-state index in [0.29, 0.717) is 25.9 Å². The molecule has 6 nitrogen and oxygen atoms in total. The summed E-state index contributed by atoms with van der Waals surface area (Å²) in [6.45, 7) is 10.4. The topological polar surface area (TPSA) is 54.4 Å². The highest BCUT2D eigenvalue weighted by Gasteiger charge is 2.21. The zero-order valence-corrected chi connectivity index (χ0v) is 17.9. The Morgan fingerprint density at radius 1 is 0.967 bits per heavy atom. The third-order valence-corrected chi connectivity index (χ3v) is 5.75. The van der Waals surface area contributed by atoms with Crippen LogP contribution >= 0.6 is 0 Å². The molecule has 1 atom stereocenters. The number of nitrogens with zero attached hydrogens (tertiary/aromatic N) is 2. The predicted octanol–water partition coefficient (Wildman–Crippen LogP) is 3.10. The summed E-state index contributed by atoms with van der Waals surface area (Å²) in [5.74, 6) is 2.94. The SMILES string of the molecule is CC(C)c1ccccc1OC[C@H](O)CN1CCN(Cc2ccc3c(c2)OCO3)CC1. The molecular weight excluding hydrogens is 380 g/mol. The van der Waals surface area contributed by atoms with Gasteiger partial charge in [-0.3, -0.25) is 9.80 Å². The van der Waals surface area contributed by atoms with Crippen LogP contribution < -0.4 is 14.2 Å². The van der Waals surface area contributed by atoms with E-state index in [1.807, 2.05) is 24.3 Å². The molecule has 1 N–H and O–H groups in total. The lowest BCUT2D eigenvalue weighted by molar-refractivity contribution is 0.0443. The lowest BCUT2D eigenvalue weighted by Crippen LogP contribution is -2.48. The van der Waals surface area contributed by atoms with Crippen LogP contribution in [0.15, 0.2) is 42.5 Å². The Hall–Kier alpha value is -2.28. The number of aliphatic hydroxyl groups is 1. The third-order valence-electron chi connectivity index (χ3n) is 5.75. The molecule has 2 aliphatic rings. The van der Waals surface area contributed by atoms with Gasteiger partial charge in [0.2, 0.25) is 6.79 Å². The van der Waals surface area contributed by atoms with Gasteiger partial charge in [0, 0.05) is 39.3 Å². The predicted molar refractivity (Wildman–Crippen MR) is 116 cm³/mol. The molecule has 0 aromatic heterocycles. The summed E-state index contributed by atoms with van der Waals surface area (Å²) < 4.78 is 16.8. The molecule has 0 saturated carbocycles. The van der Waals surface area contributed by atoms with Crippen molar-refractivity contribution in [3.63, 3.8) is 0 Å². The molecule has 2 aromatic rings. The van der Waals surface area contributed by atoms with Crippen LogP contribution in [0.25, 0.3) is 0 Å². The molecule has 0 spiro atoms. The van der Waals surface area contributed by atoms with Crippen molar-refractivity contribution in [2.75, 3.05) is 46.1 Å². The molecule has 0 radical (unpaired) electrons. The normalized spacial score (nSPS) is 18.0. The molecule has 0 amide bonds. The fourth-order valence-corrected chi connectivity index (χ4v) is 4.05. The van der Waals surface area contributed by atoms with E-state index < -0.39 is 6.10 Å². The van der Waals surface area contributed by atoms with Gasteiger partial charge in [-0.05, 0) is 35.2 Å². The lowest BCUT2D eigenvalue weighted by Gasteiger charge is -2.35. The third kappa shape index (κ3) is 5.25. The number of benzene rings is 2. The van der Waals surface area contributed by atoms with E-state index in [1.54, 1.807) is 0 Å². The first-order chi connectivity index (χ1) is 14.6. The molecule has 1 fully saturated rings. The Morgan fingerprint density at radius 2 is 1.70 bits per heavy atom. The lowest BCUT2D eigenvalue weighted by atomic mass is 10.0. The number of piperazine rings is 1. The smallest absolute Gasteiger partial charge is 0.231 e. The number of hydrogen-bond acceptors (Lipinski definition) is 6. The molecule has 162 valence electrons. The summed E-state index contributed by atoms with van der Waals surface area (Å²) in [6.07, 6.45) is -0.495. The van der Waals surface area contributed by atoms with Crippen molar-refractivity contribution in [2.45, 2.75) is 32.4 Å². The second-order valence-electron chi connectivity index (χ2n) is 8.42. The minimum absolute atomic E-state index is 0.312. The second-order valence-corrected chi connectivity index (χ2v) is 8.42. The number of aliphatic hydroxyl groups excluding tert-OH is 1. The molecule has 2 aromatic carbocycles. The van der Waals surface area contributed by atoms with Crippen molar-refractivity contribution in [1.82, 2.24) is 9.80 Å². The molecule has 0 bridgehead atoms. The number of hydrogen-bond donors (Lipinski definition) is 1. The van der Waals surface area contributed by atoms with Crippen LogP contribution in [0.2, 0.25) is 0 Å². The fourth-order valence-electron chi connectivity index (χ4n) is 4.05. The van der Waals surface area contributed by atoms with E-state index in [2.05, 4.69) is 41.8 Å². The average Bonchev–Trinajstić information content (AvgIpc) is 3.22. The van der Waals surface area contributed by atoms with Gasteiger partial charge in [0.25, 0.3) is 0 Å². The van der Waals surface area contributed by atoms with Crippen LogP contribution in [0, 0.1) is 0 Å². The molecule has 30 heavy (non-hydrogen) atoms. The van der Waals surface area contributed by atoms with Gasteiger partial charge >= 0.3 is 0 Å². The van der Waals surface area contributed by atoms with E-state index in [1.165, 1.54) is 11.1 Å². The standard InChI is InChI=1S/C24H32N2O4/c1-18(2)21-5-3-4-6-22(21)28-16-20(27)15-26-11-9-25(10-12-26)14-19-7-8-23-24(13-19)30-17-29-23/h3-8,13,18,20,27H,9-12,14-17H2,1-2H3/t20-/m1/s1. The first-order valence-corrected chi connectivity index (χ1v) is 10.8. The van der Waals surface area contributed by atoms with E-state index in [0.717, 1.165) is 50.0 Å². The number of ether oxygens (including phenoxy) is 3. The fraction of sp³-hybridized carbons (Fsp3) is 0.500. The van der Waals surface area contributed by atoms with Gasteiger partial charge in [-0.15, -0.1) is 0 Å². The molecule has 0 aliphatic carbocycles.